The van der Waals surface area contributed by atoms with Crippen LogP contribution in [0.15, 0.2) is 4.99 Å². The topological polar surface area (TPSA) is 79.5 Å². The van der Waals surface area contributed by atoms with E-state index in [1.807, 2.05) is 13.8 Å². The van der Waals surface area contributed by atoms with Crippen LogP contribution in [0.2, 0.25) is 0 Å². The second kappa shape index (κ2) is 11.5. The van der Waals surface area contributed by atoms with Gasteiger partial charge in [-0.3, -0.25) is 4.79 Å². The standard InChI is InChI=1S/C9H20N4O.HI/c1-3-5-11-8(14)7-13-9(10)12-6-4-2;/h3-7H2,1-2H3,(H,11,14)(H3,10,12,13);1H. The predicted molar refractivity (Wildman–Crippen MR) is 73.5 cm³/mol. The summed E-state index contributed by atoms with van der Waals surface area (Å²) in [6.07, 6.45) is 1.91. The Bertz CT molecular complexity index is 197. The number of halogens is 1. The molecule has 0 saturated heterocycles. The molecule has 0 aromatic rings. The smallest absolute Gasteiger partial charge is 0.241 e. The molecule has 0 fully saturated rings. The van der Waals surface area contributed by atoms with E-state index >= 15 is 0 Å². The maximum atomic E-state index is 11.1. The Morgan fingerprint density at radius 2 is 1.73 bits per heavy atom. The largest absolute Gasteiger partial charge is 0.370 e. The van der Waals surface area contributed by atoms with Gasteiger partial charge in [-0.2, -0.15) is 0 Å². The number of nitrogens with one attached hydrogen (secondary N) is 2. The van der Waals surface area contributed by atoms with Crippen molar-refractivity contribution >= 4 is 35.8 Å². The van der Waals surface area contributed by atoms with Crippen molar-refractivity contribution in [3.05, 3.63) is 0 Å². The van der Waals surface area contributed by atoms with Crippen LogP contribution in [0.25, 0.3) is 0 Å². The summed E-state index contributed by atoms with van der Waals surface area (Å²) in [5.41, 5.74) is 5.50. The second-order valence-corrected chi connectivity index (χ2v) is 2.98. The minimum atomic E-state index is -0.0897. The summed E-state index contributed by atoms with van der Waals surface area (Å²) < 4.78 is 0. The van der Waals surface area contributed by atoms with E-state index < -0.39 is 0 Å². The van der Waals surface area contributed by atoms with Gasteiger partial charge in [0.2, 0.25) is 5.91 Å². The summed E-state index contributed by atoms with van der Waals surface area (Å²) in [5, 5.41) is 5.61. The number of aliphatic imine (C=N–C) groups is 1. The van der Waals surface area contributed by atoms with E-state index in [0.717, 1.165) is 19.4 Å². The van der Waals surface area contributed by atoms with Crippen molar-refractivity contribution < 1.29 is 4.79 Å². The first-order valence-electron chi connectivity index (χ1n) is 5.01. The van der Waals surface area contributed by atoms with E-state index in [0.29, 0.717) is 12.5 Å². The van der Waals surface area contributed by atoms with E-state index in [1.54, 1.807) is 0 Å². The van der Waals surface area contributed by atoms with Crippen molar-refractivity contribution in [3.63, 3.8) is 0 Å². The SMILES string of the molecule is CCCNC(=O)CN=C(N)NCCC.I. The summed E-state index contributed by atoms with van der Waals surface area (Å²) >= 11 is 0. The Morgan fingerprint density at radius 3 is 2.27 bits per heavy atom. The summed E-state index contributed by atoms with van der Waals surface area (Å²) in [7, 11) is 0. The fraction of sp³-hybridized carbons (Fsp3) is 0.778. The average Bonchev–Trinajstić information content (AvgIpc) is 2.20. The first-order valence-corrected chi connectivity index (χ1v) is 5.01. The summed E-state index contributed by atoms with van der Waals surface area (Å²) in [5.74, 6) is 0.242. The zero-order valence-electron chi connectivity index (χ0n) is 9.38. The van der Waals surface area contributed by atoms with Gasteiger partial charge in [0, 0.05) is 13.1 Å². The Morgan fingerprint density at radius 1 is 1.20 bits per heavy atom. The van der Waals surface area contributed by atoms with Crippen LogP contribution in [0, 0.1) is 0 Å². The molecular formula is C9H21IN4O. The average molecular weight is 328 g/mol. The van der Waals surface area contributed by atoms with Crippen molar-refractivity contribution in [1.82, 2.24) is 10.6 Å². The fourth-order valence-electron chi connectivity index (χ4n) is 0.786. The highest BCUT2D eigenvalue weighted by Crippen LogP contribution is 1.75. The van der Waals surface area contributed by atoms with E-state index in [2.05, 4.69) is 15.6 Å². The van der Waals surface area contributed by atoms with Gasteiger partial charge in [-0.1, -0.05) is 13.8 Å². The number of guanidine groups is 1. The zero-order chi connectivity index (χ0) is 10.8. The van der Waals surface area contributed by atoms with Crippen LogP contribution in [0.5, 0.6) is 0 Å². The van der Waals surface area contributed by atoms with Crippen LogP contribution in [0.1, 0.15) is 26.7 Å². The minimum absolute atomic E-state index is 0. The number of nitrogens with two attached hydrogens (primary N) is 1. The molecule has 5 nitrogen and oxygen atoms in total. The molecule has 0 unspecified atom stereocenters. The van der Waals surface area contributed by atoms with E-state index in [4.69, 9.17) is 5.73 Å². The molecule has 0 atom stereocenters. The molecule has 0 aliphatic rings. The first kappa shape index (κ1) is 16.9. The second-order valence-electron chi connectivity index (χ2n) is 2.98. The molecule has 6 heteroatoms. The maximum Gasteiger partial charge on any atom is 0.241 e. The predicted octanol–water partition coefficient (Wildman–Crippen LogP) is 0.445. The Kier molecular flexibility index (Phi) is 13.0. The Balaban J connectivity index is 0. The van der Waals surface area contributed by atoms with E-state index in [-0.39, 0.29) is 36.4 Å². The lowest BCUT2D eigenvalue weighted by molar-refractivity contribution is -0.119. The maximum absolute atomic E-state index is 11.1. The number of nitrogens with zero attached hydrogens (tertiary/aromatic N) is 1. The molecule has 15 heavy (non-hydrogen) atoms. The number of hydrogen-bond donors (Lipinski definition) is 3. The van der Waals surface area contributed by atoms with Gasteiger partial charge in [-0.15, -0.1) is 24.0 Å². The van der Waals surface area contributed by atoms with Crippen LogP contribution in [0.3, 0.4) is 0 Å². The molecule has 0 saturated carbocycles. The highest BCUT2D eigenvalue weighted by atomic mass is 127. The van der Waals surface area contributed by atoms with Gasteiger partial charge in [-0.05, 0) is 12.8 Å². The molecule has 0 spiro atoms. The highest BCUT2D eigenvalue weighted by Gasteiger charge is 1.97. The van der Waals surface area contributed by atoms with Crippen LogP contribution >= 0.6 is 24.0 Å². The summed E-state index contributed by atoms with van der Waals surface area (Å²) in [6, 6.07) is 0. The van der Waals surface area contributed by atoms with Crippen LogP contribution < -0.4 is 16.4 Å². The minimum Gasteiger partial charge on any atom is -0.370 e. The van der Waals surface area contributed by atoms with Gasteiger partial charge in [0.25, 0.3) is 0 Å². The van der Waals surface area contributed by atoms with Gasteiger partial charge < -0.3 is 16.4 Å². The van der Waals surface area contributed by atoms with Crippen LogP contribution in [0.4, 0.5) is 0 Å². The molecule has 0 radical (unpaired) electrons. The Labute approximate surface area is 108 Å². The number of amides is 1. The van der Waals surface area contributed by atoms with Gasteiger partial charge in [0.1, 0.15) is 6.54 Å². The normalized spacial score (nSPS) is 10.4. The molecule has 0 aliphatic heterocycles. The number of carbonyl (C=O) groups is 1. The molecule has 0 aliphatic carbocycles. The molecular weight excluding hydrogens is 307 g/mol. The lowest BCUT2D eigenvalue weighted by Gasteiger charge is -2.03. The molecule has 0 aromatic carbocycles. The van der Waals surface area contributed by atoms with Crippen molar-refractivity contribution in [2.75, 3.05) is 19.6 Å². The van der Waals surface area contributed by atoms with Crippen molar-refractivity contribution in [1.29, 1.82) is 0 Å². The van der Waals surface area contributed by atoms with Crippen molar-refractivity contribution in [2.45, 2.75) is 26.7 Å². The highest BCUT2D eigenvalue weighted by molar-refractivity contribution is 14.0. The number of rotatable bonds is 6. The molecule has 0 rings (SSSR count). The van der Waals surface area contributed by atoms with E-state index in [1.165, 1.54) is 0 Å². The molecule has 0 heterocycles. The first-order chi connectivity index (χ1) is 6.70. The molecule has 90 valence electrons. The zero-order valence-corrected chi connectivity index (χ0v) is 11.7. The molecule has 0 aromatic heterocycles. The van der Waals surface area contributed by atoms with Gasteiger partial charge in [-0.25, -0.2) is 4.99 Å². The van der Waals surface area contributed by atoms with Crippen molar-refractivity contribution in [3.8, 4) is 0 Å². The van der Waals surface area contributed by atoms with Crippen LogP contribution in [-0.2, 0) is 4.79 Å². The summed E-state index contributed by atoms with van der Waals surface area (Å²) in [4.78, 5) is 15.0. The number of carbonyl (C=O) groups excluding carboxylic acids is 1. The van der Waals surface area contributed by atoms with E-state index in [9.17, 15) is 4.79 Å². The Hall–Kier alpha value is -0.530. The monoisotopic (exact) mass is 328 g/mol. The fourth-order valence-corrected chi connectivity index (χ4v) is 0.786. The van der Waals surface area contributed by atoms with Gasteiger partial charge >= 0.3 is 0 Å². The van der Waals surface area contributed by atoms with Gasteiger partial charge in [0.15, 0.2) is 5.96 Å². The third kappa shape index (κ3) is 11.4. The molecule has 4 N–H and O–H groups in total. The summed E-state index contributed by atoms with van der Waals surface area (Å²) in [6.45, 7) is 5.61. The van der Waals surface area contributed by atoms with Crippen molar-refractivity contribution in [2.24, 2.45) is 10.7 Å². The van der Waals surface area contributed by atoms with Crippen LogP contribution in [-0.4, -0.2) is 31.5 Å². The molecule has 0 bridgehead atoms. The lowest BCUT2D eigenvalue weighted by Crippen LogP contribution is -2.34. The third-order valence-electron chi connectivity index (χ3n) is 1.52. The quantitative estimate of drug-likeness (QED) is 0.376. The van der Waals surface area contributed by atoms with Gasteiger partial charge in [0.05, 0.1) is 0 Å². The third-order valence-corrected chi connectivity index (χ3v) is 1.52. The lowest BCUT2D eigenvalue weighted by atomic mass is 10.4. The molecule has 1 amide bonds. The number of hydrogen-bond acceptors (Lipinski definition) is 2.